The molecular weight excluding hydrogens is 237 g/mol. The molecule has 0 aromatic heterocycles. The van der Waals surface area contributed by atoms with Gasteiger partial charge in [-0.15, -0.1) is 0 Å². The van der Waals surface area contributed by atoms with E-state index < -0.39 is 10.4 Å². The van der Waals surface area contributed by atoms with Crippen LogP contribution in [0.5, 0.6) is 0 Å². The van der Waals surface area contributed by atoms with Crippen molar-refractivity contribution in [3.63, 3.8) is 0 Å². The first-order chi connectivity index (χ1) is 7.08. The minimum absolute atomic E-state index is 0. The van der Waals surface area contributed by atoms with E-state index in [2.05, 4.69) is 51.5 Å². The van der Waals surface area contributed by atoms with Crippen LogP contribution in [0.3, 0.4) is 0 Å². The number of hydrogen-bond donors (Lipinski definition) is 0. The van der Waals surface area contributed by atoms with Crippen molar-refractivity contribution < 1.29 is 40.9 Å². The molecule has 1 aromatic carbocycles. The van der Waals surface area contributed by atoms with Gasteiger partial charge in [0, 0.05) is 16.0 Å². The summed E-state index contributed by atoms with van der Waals surface area (Å²) >= 11 is 0. The molecule has 0 heterocycles. The molecule has 0 bridgehead atoms. The second-order valence-electron chi connectivity index (χ2n) is 4.34. The molecular formula is C10H16LiNO4S. The maximum absolute atomic E-state index is 8.52. The molecule has 0 aliphatic heterocycles. The Morgan fingerprint density at radius 3 is 1.71 bits per heavy atom. The summed E-state index contributed by atoms with van der Waals surface area (Å²) in [7, 11) is 1.44. The predicted molar refractivity (Wildman–Crippen MR) is 58.7 cm³/mol. The van der Waals surface area contributed by atoms with Gasteiger partial charge in [0.05, 0.1) is 21.1 Å². The van der Waals surface area contributed by atoms with Gasteiger partial charge in [-0.2, -0.15) is 0 Å². The van der Waals surface area contributed by atoms with Crippen molar-refractivity contribution in [3.05, 3.63) is 35.9 Å². The van der Waals surface area contributed by atoms with Crippen molar-refractivity contribution in [1.82, 2.24) is 0 Å². The van der Waals surface area contributed by atoms with Crippen LogP contribution >= 0.6 is 0 Å². The van der Waals surface area contributed by atoms with Gasteiger partial charge >= 0.3 is 18.9 Å². The molecule has 0 unspecified atom stereocenters. The fraction of sp³-hybridized carbons (Fsp3) is 0.400. The molecule has 0 amide bonds. The van der Waals surface area contributed by atoms with Crippen molar-refractivity contribution in [3.8, 4) is 0 Å². The second-order valence-corrected chi connectivity index (χ2v) is 5.16. The molecule has 17 heavy (non-hydrogen) atoms. The molecule has 0 radical (unpaired) electrons. The average Bonchev–Trinajstić information content (AvgIpc) is 1.99. The average molecular weight is 253 g/mol. The molecule has 0 spiro atoms. The van der Waals surface area contributed by atoms with E-state index in [9.17, 15) is 0 Å². The van der Waals surface area contributed by atoms with Crippen LogP contribution in [0.2, 0.25) is 0 Å². The molecule has 0 aliphatic rings. The quantitative estimate of drug-likeness (QED) is 0.254. The summed E-state index contributed by atoms with van der Waals surface area (Å²) in [5.74, 6) is 0. The van der Waals surface area contributed by atoms with Gasteiger partial charge in [-0.25, -0.2) is 0 Å². The SMILES string of the molecule is C[N+](C)(C)Cc1ccccc1.O=S(=O)([O-])[O-].[Li+]. The summed E-state index contributed by atoms with van der Waals surface area (Å²) in [6, 6.07) is 10.6. The van der Waals surface area contributed by atoms with E-state index >= 15 is 0 Å². The third-order valence-electron chi connectivity index (χ3n) is 1.50. The molecule has 0 saturated carbocycles. The van der Waals surface area contributed by atoms with Gasteiger partial charge in [-0.05, 0) is 0 Å². The molecule has 0 N–H and O–H groups in total. The molecule has 0 atom stereocenters. The van der Waals surface area contributed by atoms with Crippen LogP contribution in [0.15, 0.2) is 30.3 Å². The zero-order chi connectivity index (χ0) is 12.8. The van der Waals surface area contributed by atoms with Crippen LogP contribution < -0.4 is 18.9 Å². The summed E-state index contributed by atoms with van der Waals surface area (Å²) in [4.78, 5) is 0. The molecule has 7 heteroatoms. The van der Waals surface area contributed by atoms with E-state index in [0.29, 0.717) is 0 Å². The van der Waals surface area contributed by atoms with E-state index in [4.69, 9.17) is 17.5 Å². The maximum Gasteiger partial charge on any atom is 1.00 e. The van der Waals surface area contributed by atoms with Crippen molar-refractivity contribution in [1.29, 1.82) is 0 Å². The zero-order valence-electron chi connectivity index (χ0n) is 10.6. The molecule has 92 valence electrons. The Kier molecular flexibility index (Phi) is 8.80. The van der Waals surface area contributed by atoms with Crippen LogP contribution in [0, 0.1) is 0 Å². The molecule has 0 saturated heterocycles. The first-order valence-corrected chi connectivity index (χ1v) is 5.92. The Balaban J connectivity index is 0. The van der Waals surface area contributed by atoms with Gasteiger partial charge < -0.3 is 13.6 Å². The van der Waals surface area contributed by atoms with Gasteiger partial charge in [-0.3, -0.25) is 8.42 Å². The number of nitrogens with zero attached hydrogens (tertiary/aromatic N) is 1. The first kappa shape index (κ1) is 19.0. The van der Waals surface area contributed by atoms with E-state index in [0.717, 1.165) is 11.0 Å². The first-order valence-electron chi connectivity index (χ1n) is 4.59. The van der Waals surface area contributed by atoms with Crippen LogP contribution in [-0.4, -0.2) is 43.1 Å². The van der Waals surface area contributed by atoms with Gasteiger partial charge in [0.15, 0.2) is 0 Å². The monoisotopic (exact) mass is 253 g/mol. The second kappa shape index (κ2) is 7.87. The summed E-state index contributed by atoms with van der Waals surface area (Å²) in [5, 5.41) is 0. The Morgan fingerprint density at radius 2 is 1.41 bits per heavy atom. The Morgan fingerprint density at radius 1 is 1.06 bits per heavy atom. The number of quaternary nitrogens is 1. The molecule has 1 rings (SSSR count). The van der Waals surface area contributed by atoms with Gasteiger partial charge in [-0.1, -0.05) is 30.3 Å². The van der Waals surface area contributed by atoms with Crippen LogP contribution in [0.25, 0.3) is 0 Å². The van der Waals surface area contributed by atoms with Gasteiger partial charge in [0.1, 0.15) is 6.54 Å². The fourth-order valence-corrected chi connectivity index (χ4v) is 1.13. The smallest absolute Gasteiger partial charge is 0.759 e. The normalized spacial score (nSPS) is 10.9. The van der Waals surface area contributed by atoms with E-state index in [1.54, 1.807) is 0 Å². The van der Waals surface area contributed by atoms with Crippen molar-refractivity contribution in [2.45, 2.75) is 6.54 Å². The summed E-state index contributed by atoms with van der Waals surface area (Å²) in [6.45, 7) is 1.10. The minimum Gasteiger partial charge on any atom is -0.759 e. The minimum atomic E-state index is -5.17. The van der Waals surface area contributed by atoms with E-state index in [1.165, 1.54) is 5.56 Å². The molecule has 1 aromatic rings. The zero-order valence-corrected chi connectivity index (χ0v) is 11.4. The Bertz CT molecular complexity index is 392. The topological polar surface area (TPSA) is 80.3 Å². The Hall–Kier alpha value is -0.353. The number of rotatable bonds is 2. The number of benzene rings is 1. The predicted octanol–water partition coefficient (Wildman–Crippen LogP) is -2.44. The fourth-order valence-electron chi connectivity index (χ4n) is 1.13. The largest absolute Gasteiger partial charge is 1.00 e. The summed E-state index contributed by atoms with van der Waals surface area (Å²) in [5.41, 5.74) is 1.40. The van der Waals surface area contributed by atoms with Crippen molar-refractivity contribution in [2.75, 3.05) is 21.1 Å². The van der Waals surface area contributed by atoms with Gasteiger partial charge in [0.25, 0.3) is 0 Å². The van der Waals surface area contributed by atoms with Crippen LogP contribution in [-0.2, 0) is 16.9 Å². The standard InChI is InChI=1S/C10H16N.Li.H2O4S/c1-11(2,3)9-10-7-5-4-6-8-10;;1-5(2,3)4/h4-8H,9H2,1-3H3;;(H2,1,2,3,4)/q2*+1;/p-2. The van der Waals surface area contributed by atoms with Crippen LogP contribution in [0.1, 0.15) is 5.56 Å². The van der Waals surface area contributed by atoms with Crippen molar-refractivity contribution in [2.24, 2.45) is 0 Å². The molecule has 5 nitrogen and oxygen atoms in total. The van der Waals surface area contributed by atoms with Gasteiger partial charge in [0.2, 0.25) is 0 Å². The third kappa shape index (κ3) is 18.2. The van der Waals surface area contributed by atoms with E-state index in [-0.39, 0.29) is 18.9 Å². The molecule has 0 fully saturated rings. The summed E-state index contributed by atoms with van der Waals surface area (Å²) < 4.78 is 35.1. The van der Waals surface area contributed by atoms with Crippen LogP contribution in [0.4, 0.5) is 0 Å². The molecule has 0 aliphatic carbocycles. The summed E-state index contributed by atoms with van der Waals surface area (Å²) in [6.07, 6.45) is 0. The number of hydrogen-bond acceptors (Lipinski definition) is 4. The maximum atomic E-state index is 8.52. The Labute approximate surface area is 115 Å². The van der Waals surface area contributed by atoms with Crippen molar-refractivity contribution >= 4 is 10.4 Å². The van der Waals surface area contributed by atoms with E-state index in [1.807, 2.05) is 0 Å². The third-order valence-corrected chi connectivity index (χ3v) is 1.50.